The van der Waals surface area contributed by atoms with Crippen LogP contribution in [-0.2, 0) is 5.41 Å². The van der Waals surface area contributed by atoms with Crippen LogP contribution in [-0.4, -0.2) is 20.7 Å². The van der Waals surface area contributed by atoms with E-state index in [4.69, 9.17) is 16.9 Å². The predicted molar refractivity (Wildman–Crippen MR) is 77.5 cm³/mol. The second-order valence-electron chi connectivity index (χ2n) is 5.62. The van der Waals surface area contributed by atoms with Gasteiger partial charge in [-0.05, 0) is 18.9 Å². The summed E-state index contributed by atoms with van der Waals surface area (Å²) in [5, 5.41) is 8.11. The number of nitrogen functional groups attached to an aromatic ring is 2. The molecule has 0 aliphatic heterocycles. The molecule has 3 rings (SSSR count). The average Bonchev–Trinajstić information content (AvgIpc) is 3.22. The number of hydrogen-bond donors (Lipinski definition) is 3. The number of hydrogen-bond acceptors (Lipinski definition) is 6. The van der Waals surface area contributed by atoms with Crippen LogP contribution in [0.2, 0.25) is 0 Å². The molecule has 0 aromatic carbocycles. The number of nitrogens with zero attached hydrogens (tertiary/aromatic N) is 3. The van der Waals surface area contributed by atoms with Crippen molar-refractivity contribution in [2.75, 3.05) is 11.5 Å². The first-order valence-electron chi connectivity index (χ1n) is 6.65. The van der Waals surface area contributed by atoms with Crippen LogP contribution < -0.4 is 11.5 Å². The first-order valence-corrected chi connectivity index (χ1v) is 6.65. The topological polar surface area (TPSA) is 115 Å². The highest BCUT2D eigenvalue weighted by Crippen LogP contribution is 2.48. The maximum absolute atomic E-state index is 14.1. The largest absolute Gasteiger partial charge is 0.383 e. The van der Waals surface area contributed by atoms with E-state index in [9.17, 15) is 8.78 Å². The third kappa shape index (κ3) is 2.26. The summed E-state index contributed by atoms with van der Waals surface area (Å²) in [4.78, 5) is 11.6. The Morgan fingerprint density at radius 1 is 1.23 bits per heavy atom. The SMILES string of the molecule is CC1(c2nc(C(=N)c3cc(F)cnc3N)nc(N)c2F)CC1. The molecule has 2 aromatic heterocycles. The minimum absolute atomic E-state index is 0.0305. The third-order valence-electron chi connectivity index (χ3n) is 3.83. The van der Waals surface area contributed by atoms with E-state index in [0.29, 0.717) is 0 Å². The highest BCUT2D eigenvalue weighted by Gasteiger charge is 2.43. The molecule has 0 amide bonds. The molecule has 1 saturated carbocycles. The Hall–Kier alpha value is -2.64. The fraction of sp³-hybridized carbons (Fsp3) is 0.286. The van der Waals surface area contributed by atoms with E-state index in [1.165, 1.54) is 0 Å². The van der Waals surface area contributed by atoms with Crippen LogP contribution in [0.15, 0.2) is 12.3 Å². The fourth-order valence-corrected chi connectivity index (χ4v) is 2.17. The number of nitrogens with two attached hydrogens (primary N) is 2. The zero-order valence-electron chi connectivity index (χ0n) is 11.8. The number of anilines is 2. The number of pyridine rings is 1. The van der Waals surface area contributed by atoms with Crippen LogP contribution in [0.4, 0.5) is 20.4 Å². The summed E-state index contributed by atoms with van der Waals surface area (Å²) in [7, 11) is 0. The van der Waals surface area contributed by atoms with Gasteiger partial charge in [-0.1, -0.05) is 6.92 Å². The summed E-state index contributed by atoms with van der Waals surface area (Å²) in [5.41, 5.74) is 10.8. The van der Waals surface area contributed by atoms with Crippen molar-refractivity contribution in [1.82, 2.24) is 15.0 Å². The Morgan fingerprint density at radius 2 is 1.91 bits per heavy atom. The van der Waals surface area contributed by atoms with E-state index in [1.54, 1.807) is 0 Å². The second kappa shape index (κ2) is 4.69. The monoisotopic (exact) mass is 304 g/mol. The number of aromatic nitrogens is 3. The van der Waals surface area contributed by atoms with Crippen molar-refractivity contribution < 1.29 is 8.78 Å². The number of halogens is 2. The molecule has 0 atom stereocenters. The van der Waals surface area contributed by atoms with E-state index in [0.717, 1.165) is 25.1 Å². The minimum Gasteiger partial charge on any atom is -0.383 e. The maximum atomic E-state index is 14.1. The van der Waals surface area contributed by atoms with Gasteiger partial charge in [0, 0.05) is 11.0 Å². The molecular formula is C14H14F2N6. The van der Waals surface area contributed by atoms with Crippen molar-refractivity contribution >= 4 is 17.3 Å². The van der Waals surface area contributed by atoms with Gasteiger partial charge in [0.15, 0.2) is 17.5 Å². The highest BCUT2D eigenvalue weighted by molar-refractivity contribution is 6.11. The van der Waals surface area contributed by atoms with Gasteiger partial charge in [0.25, 0.3) is 0 Å². The van der Waals surface area contributed by atoms with Crippen molar-refractivity contribution in [2.45, 2.75) is 25.2 Å². The lowest BCUT2D eigenvalue weighted by Gasteiger charge is -2.13. The first kappa shape index (κ1) is 14.3. The van der Waals surface area contributed by atoms with E-state index in [2.05, 4.69) is 15.0 Å². The van der Waals surface area contributed by atoms with E-state index in [-0.39, 0.29) is 39.8 Å². The molecule has 0 bridgehead atoms. The zero-order chi connectivity index (χ0) is 16.1. The van der Waals surface area contributed by atoms with Gasteiger partial charge in [0.1, 0.15) is 17.3 Å². The quantitative estimate of drug-likeness (QED) is 0.748. The van der Waals surface area contributed by atoms with Crippen molar-refractivity contribution in [3.05, 3.63) is 41.0 Å². The lowest BCUT2D eigenvalue weighted by atomic mass is 10.0. The van der Waals surface area contributed by atoms with E-state index >= 15 is 0 Å². The van der Waals surface area contributed by atoms with Crippen LogP contribution in [0.25, 0.3) is 0 Å². The molecule has 2 heterocycles. The molecule has 0 saturated heterocycles. The number of rotatable bonds is 3. The van der Waals surface area contributed by atoms with Crippen LogP contribution in [0.5, 0.6) is 0 Å². The smallest absolute Gasteiger partial charge is 0.187 e. The van der Waals surface area contributed by atoms with Crippen molar-refractivity contribution in [3.63, 3.8) is 0 Å². The molecule has 8 heteroatoms. The molecule has 6 nitrogen and oxygen atoms in total. The van der Waals surface area contributed by atoms with Gasteiger partial charge in [-0.15, -0.1) is 0 Å². The molecule has 1 fully saturated rings. The Kier molecular flexibility index (Phi) is 3.05. The predicted octanol–water partition coefficient (Wildman–Crippen LogP) is 1.78. The normalized spacial score (nSPS) is 15.6. The molecule has 1 aliphatic carbocycles. The Bertz CT molecular complexity index is 785. The summed E-state index contributed by atoms with van der Waals surface area (Å²) in [6.45, 7) is 1.86. The minimum atomic E-state index is -0.665. The van der Waals surface area contributed by atoms with Crippen LogP contribution in [0.3, 0.4) is 0 Å². The Balaban J connectivity index is 2.10. The average molecular weight is 304 g/mol. The molecule has 0 unspecified atom stereocenters. The lowest BCUT2D eigenvalue weighted by Crippen LogP contribution is -2.18. The van der Waals surface area contributed by atoms with Gasteiger partial charge >= 0.3 is 0 Å². The van der Waals surface area contributed by atoms with Gasteiger partial charge < -0.3 is 11.5 Å². The van der Waals surface area contributed by atoms with Crippen LogP contribution in [0, 0.1) is 17.0 Å². The molecule has 2 aromatic rings. The highest BCUT2D eigenvalue weighted by atomic mass is 19.1. The Morgan fingerprint density at radius 3 is 2.55 bits per heavy atom. The standard InChI is InChI=1S/C14H14F2N6/c1-14(2-3-14)10-8(16)12(19)22-13(21-10)9(17)7-4-6(15)5-20-11(7)18/h4-5,17H,2-3H2,1H3,(H2,18,20)(H2,19,21,22). The summed E-state index contributed by atoms with van der Waals surface area (Å²) in [6.07, 6.45) is 2.52. The van der Waals surface area contributed by atoms with Gasteiger partial charge in [0.05, 0.1) is 11.9 Å². The van der Waals surface area contributed by atoms with E-state index in [1.807, 2.05) is 6.92 Å². The summed E-state index contributed by atoms with van der Waals surface area (Å²) < 4.78 is 27.4. The van der Waals surface area contributed by atoms with Gasteiger partial charge in [-0.3, -0.25) is 5.41 Å². The lowest BCUT2D eigenvalue weighted by molar-refractivity contribution is 0.566. The van der Waals surface area contributed by atoms with Crippen LogP contribution in [0.1, 0.15) is 36.8 Å². The molecule has 5 N–H and O–H groups in total. The third-order valence-corrected chi connectivity index (χ3v) is 3.83. The fourth-order valence-electron chi connectivity index (χ4n) is 2.17. The van der Waals surface area contributed by atoms with Crippen LogP contribution >= 0.6 is 0 Å². The molecular weight excluding hydrogens is 290 g/mol. The summed E-state index contributed by atoms with van der Waals surface area (Å²) in [6, 6.07) is 1.06. The summed E-state index contributed by atoms with van der Waals surface area (Å²) in [5.74, 6) is -1.76. The van der Waals surface area contributed by atoms with E-state index < -0.39 is 11.6 Å². The van der Waals surface area contributed by atoms with Crippen molar-refractivity contribution in [3.8, 4) is 0 Å². The number of nitrogens with one attached hydrogen (secondary N) is 1. The van der Waals surface area contributed by atoms with Gasteiger partial charge in [0.2, 0.25) is 0 Å². The van der Waals surface area contributed by atoms with Gasteiger partial charge in [-0.25, -0.2) is 23.7 Å². The molecule has 0 spiro atoms. The molecule has 22 heavy (non-hydrogen) atoms. The first-order chi connectivity index (χ1) is 10.3. The molecule has 0 radical (unpaired) electrons. The summed E-state index contributed by atoms with van der Waals surface area (Å²) >= 11 is 0. The van der Waals surface area contributed by atoms with Crippen molar-refractivity contribution in [1.29, 1.82) is 5.41 Å². The maximum Gasteiger partial charge on any atom is 0.187 e. The second-order valence-corrected chi connectivity index (χ2v) is 5.62. The molecule has 1 aliphatic rings. The van der Waals surface area contributed by atoms with Crippen molar-refractivity contribution in [2.24, 2.45) is 0 Å². The zero-order valence-corrected chi connectivity index (χ0v) is 11.8. The molecule has 114 valence electrons. The Labute approximate surface area is 125 Å². The van der Waals surface area contributed by atoms with Gasteiger partial charge in [-0.2, -0.15) is 0 Å².